The molecule has 0 atom stereocenters. The van der Waals surface area contributed by atoms with Crippen LogP contribution in [0.4, 0.5) is 15.8 Å². The van der Waals surface area contributed by atoms with E-state index < -0.39 is 0 Å². The molecule has 0 heterocycles. The zero-order chi connectivity index (χ0) is 13.2. The summed E-state index contributed by atoms with van der Waals surface area (Å²) in [4.78, 5) is 0. The lowest BCUT2D eigenvalue weighted by atomic mass is 9.87. The van der Waals surface area contributed by atoms with Crippen molar-refractivity contribution in [1.29, 1.82) is 0 Å². The predicted octanol–water partition coefficient (Wildman–Crippen LogP) is 4.87. The molecule has 18 heavy (non-hydrogen) atoms. The van der Waals surface area contributed by atoms with Gasteiger partial charge in [0.2, 0.25) is 0 Å². The summed E-state index contributed by atoms with van der Waals surface area (Å²) in [6, 6.07) is 14.7. The minimum atomic E-state index is -0.230. The number of halogens is 1. The molecule has 2 aromatic carbocycles. The lowest BCUT2D eigenvalue weighted by Crippen LogP contribution is -2.10. The summed E-state index contributed by atoms with van der Waals surface area (Å²) < 4.78 is 13.1. The van der Waals surface area contributed by atoms with Gasteiger partial charge in [0, 0.05) is 11.4 Å². The van der Waals surface area contributed by atoms with Crippen LogP contribution in [-0.4, -0.2) is 0 Å². The fourth-order valence-electron chi connectivity index (χ4n) is 1.79. The lowest BCUT2D eigenvalue weighted by molar-refractivity contribution is 0.590. The van der Waals surface area contributed by atoms with Crippen LogP contribution in [0.3, 0.4) is 0 Å². The molecular weight excluding hydrogens is 225 g/mol. The zero-order valence-corrected chi connectivity index (χ0v) is 11.0. The molecule has 94 valence electrons. The molecule has 0 saturated heterocycles. The predicted molar refractivity (Wildman–Crippen MR) is 74.8 cm³/mol. The standard InChI is InChI=1S/C16H18FN/c1-16(2,3)12-7-9-14(10-8-12)18-15-6-4-5-13(17)11-15/h4-11,18H,1-3H3. The lowest BCUT2D eigenvalue weighted by Gasteiger charge is -2.19. The van der Waals surface area contributed by atoms with Crippen molar-refractivity contribution in [2.75, 3.05) is 5.32 Å². The van der Waals surface area contributed by atoms with Gasteiger partial charge in [0.1, 0.15) is 5.82 Å². The maximum atomic E-state index is 13.1. The largest absolute Gasteiger partial charge is 0.355 e. The van der Waals surface area contributed by atoms with Crippen LogP contribution in [-0.2, 0) is 5.41 Å². The summed E-state index contributed by atoms with van der Waals surface area (Å²) in [5, 5.41) is 3.18. The molecule has 1 N–H and O–H groups in total. The first kappa shape index (κ1) is 12.6. The molecule has 0 fully saturated rings. The SMILES string of the molecule is CC(C)(C)c1ccc(Nc2cccc(F)c2)cc1. The van der Waals surface area contributed by atoms with Crippen LogP contribution in [0.1, 0.15) is 26.3 Å². The fraction of sp³-hybridized carbons (Fsp3) is 0.250. The number of benzene rings is 2. The molecule has 0 unspecified atom stereocenters. The minimum Gasteiger partial charge on any atom is -0.355 e. The van der Waals surface area contributed by atoms with Gasteiger partial charge in [-0.25, -0.2) is 4.39 Å². The second-order valence-corrected chi connectivity index (χ2v) is 5.46. The molecule has 0 aliphatic carbocycles. The Labute approximate surface area is 108 Å². The normalized spacial score (nSPS) is 11.3. The number of hydrogen-bond acceptors (Lipinski definition) is 1. The van der Waals surface area contributed by atoms with Crippen LogP contribution in [0.2, 0.25) is 0 Å². The molecule has 0 aliphatic heterocycles. The Hall–Kier alpha value is -1.83. The van der Waals surface area contributed by atoms with E-state index in [9.17, 15) is 4.39 Å². The van der Waals surface area contributed by atoms with E-state index in [0.717, 1.165) is 11.4 Å². The Morgan fingerprint density at radius 1 is 0.889 bits per heavy atom. The third-order valence-corrected chi connectivity index (χ3v) is 2.86. The molecular formula is C16H18FN. The van der Waals surface area contributed by atoms with E-state index in [1.54, 1.807) is 6.07 Å². The number of anilines is 2. The van der Waals surface area contributed by atoms with Crippen LogP contribution in [0.5, 0.6) is 0 Å². The van der Waals surface area contributed by atoms with E-state index in [2.05, 4.69) is 38.2 Å². The van der Waals surface area contributed by atoms with Crippen LogP contribution in [0.15, 0.2) is 48.5 Å². The van der Waals surface area contributed by atoms with Gasteiger partial charge in [0.15, 0.2) is 0 Å². The molecule has 0 amide bonds. The maximum absolute atomic E-state index is 13.1. The van der Waals surface area contributed by atoms with E-state index in [0.29, 0.717) is 0 Å². The van der Waals surface area contributed by atoms with Gasteiger partial charge in [-0.2, -0.15) is 0 Å². The highest BCUT2D eigenvalue weighted by atomic mass is 19.1. The Bertz CT molecular complexity index is 524. The van der Waals surface area contributed by atoms with Gasteiger partial charge in [-0.3, -0.25) is 0 Å². The van der Waals surface area contributed by atoms with Gasteiger partial charge in [0.05, 0.1) is 0 Å². The second kappa shape index (κ2) is 4.81. The van der Waals surface area contributed by atoms with Gasteiger partial charge >= 0.3 is 0 Å². The zero-order valence-electron chi connectivity index (χ0n) is 11.0. The van der Waals surface area contributed by atoms with Crippen molar-refractivity contribution in [3.63, 3.8) is 0 Å². The van der Waals surface area contributed by atoms with Crippen LogP contribution in [0.25, 0.3) is 0 Å². The summed E-state index contributed by atoms with van der Waals surface area (Å²) in [6.45, 7) is 6.55. The van der Waals surface area contributed by atoms with E-state index in [1.165, 1.54) is 17.7 Å². The summed E-state index contributed by atoms with van der Waals surface area (Å²) in [5.41, 5.74) is 3.16. The molecule has 0 bridgehead atoms. The highest BCUT2D eigenvalue weighted by Gasteiger charge is 2.12. The van der Waals surface area contributed by atoms with E-state index >= 15 is 0 Å². The van der Waals surface area contributed by atoms with E-state index in [-0.39, 0.29) is 11.2 Å². The molecule has 0 aromatic heterocycles. The molecule has 2 rings (SSSR count). The first-order valence-corrected chi connectivity index (χ1v) is 6.08. The highest BCUT2D eigenvalue weighted by molar-refractivity contribution is 5.59. The van der Waals surface area contributed by atoms with Gasteiger partial charge in [-0.05, 0) is 41.3 Å². The van der Waals surface area contributed by atoms with Crippen molar-refractivity contribution in [2.24, 2.45) is 0 Å². The van der Waals surface area contributed by atoms with Crippen molar-refractivity contribution in [1.82, 2.24) is 0 Å². The third-order valence-electron chi connectivity index (χ3n) is 2.86. The molecule has 2 aromatic rings. The second-order valence-electron chi connectivity index (χ2n) is 5.46. The van der Waals surface area contributed by atoms with Crippen molar-refractivity contribution < 1.29 is 4.39 Å². The smallest absolute Gasteiger partial charge is 0.125 e. The molecule has 2 heteroatoms. The molecule has 0 saturated carbocycles. The number of nitrogens with one attached hydrogen (secondary N) is 1. The van der Waals surface area contributed by atoms with Crippen molar-refractivity contribution in [3.05, 3.63) is 59.9 Å². The molecule has 1 nitrogen and oxygen atoms in total. The number of rotatable bonds is 2. The number of hydrogen-bond donors (Lipinski definition) is 1. The Kier molecular flexibility index (Phi) is 3.37. The Balaban J connectivity index is 2.16. The van der Waals surface area contributed by atoms with Crippen LogP contribution >= 0.6 is 0 Å². The topological polar surface area (TPSA) is 12.0 Å². The molecule has 0 radical (unpaired) electrons. The van der Waals surface area contributed by atoms with Gasteiger partial charge in [0.25, 0.3) is 0 Å². The Morgan fingerprint density at radius 2 is 1.56 bits per heavy atom. The highest BCUT2D eigenvalue weighted by Crippen LogP contribution is 2.24. The average Bonchev–Trinajstić information content (AvgIpc) is 2.28. The van der Waals surface area contributed by atoms with Crippen molar-refractivity contribution >= 4 is 11.4 Å². The first-order chi connectivity index (χ1) is 8.45. The molecule has 0 aliphatic rings. The van der Waals surface area contributed by atoms with Gasteiger partial charge in [-0.15, -0.1) is 0 Å². The minimum absolute atomic E-state index is 0.150. The average molecular weight is 243 g/mol. The first-order valence-electron chi connectivity index (χ1n) is 6.08. The third kappa shape index (κ3) is 3.10. The molecule has 0 spiro atoms. The van der Waals surface area contributed by atoms with Crippen molar-refractivity contribution in [2.45, 2.75) is 26.2 Å². The summed E-state index contributed by atoms with van der Waals surface area (Å²) in [6.07, 6.45) is 0. The summed E-state index contributed by atoms with van der Waals surface area (Å²) in [5.74, 6) is -0.230. The van der Waals surface area contributed by atoms with Gasteiger partial charge in [-0.1, -0.05) is 39.0 Å². The Morgan fingerprint density at radius 3 is 2.11 bits per heavy atom. The quantitative estimate of drug-likeness (QED) is 0.793. The maximum Gasteiger partial charge on any atom is 0.125 e. The summed E-state index contributed by atoms with van der Waals surface area (Å²) in [7, 11) is 0. The van der Waals surface area contributed by atoms with E-state index in [4.69, 9.17) is 0 Å². The van der Waals surface area contributed by atoms with Crippen LogP contribution in [0, 0.1) is 5.82 Å². The summed E-state index contributed by atoms with van der Waals surface area (Å²) >= 11 is 0. The van der Waals surface area contributed by atoms with Crippen LogP contribution < -0.4 is 5.32 Å². The fourth-order valence-corrected chi connectivity index (χ4v) is 1.79. The van der Waals surface area contributed by atoms with E-state index in [1.807, 2.05) is 18.2 Å². The van der Waals surface area contributed by atoms with Crippen molar-refractivity contribution in [3.8, 4) is 0 Å². The van der Waals surface area contributed by atoms with Gasteiger partial charge < -0.3 is 5.32 Å². The monoisotopic (exact) mass is 243 g/mol.